The van der Waals surface area contributed by atoms with Crippen molar-refractivity contribution in [2.24, 2.45) is 0 Å². The second kappa shape index (κ2) is 6.72. The Morgan fingerprint density at radius 3 is 2.48 bits per heavy atom. The molecule has 5 heteroatoms. The summed E-state index contributed by atoms with van der Waals surface area (Å²) in [4.78, 5) is 2.62. The van der Waals surface area contributed by atoms with Crippen LogP contribution in [0.2, 0.25) is 0 Å². The molecular weight excluding hydrogens is 308 g/mol. The van der Waals surface area contributed by atoms with Gasteiger partial charge in [-0.25, -0.2) is 13.1 Å². The third-order valence-electron chi connectivity index (χ3n) is 4.31. The molecule has 122 valence electrons. The number of hydrogen-bond acceptors (Lipinski definition) is 3. The second-order valence-corrected chi connectivity index (χ2v) is 7.76. The molecule has 2 aromatic rings. The Labute approximate surface area is 138 Å². The maximum Gasteiger partial charge on any atom is 0.240 e. The number of hydrogen-bond donors (Lipinski definition) is 1. The fourth-order valence-corrected chi connectivity index (χ4v) is 4.09. The summed E-state index contributed by atoms with van der Waals surface area (Å²) in [7, 11) is -3.45. The van der Waals surface area contributed by atoms with Crippen LogP contribution >= 0.6 is 0 Å². The van der Waals surface area contributed by atoms with Crippen LogP contribution in [0.4, 0.5) is 5.69 Å². The zero-order valence-corrected chi connectivity index (χ0v) is 14.1. The van der Waals surface area contributed by atoms with Crippen LogP contribution in [0.25, 0.3) is 0 Å². The Kier molecular flexibility index (Phi) is 4.68. The van der Waals surface area contributed by atoms with Crippen molar-refractivity contribution in [3.8, 4) is 0 Å². The van der Waals surface area contributed by atoms with Crippen LogP contribution in [0.15, 0.2) is 59.5 Å². The molecule has 1 fully saturated rings. The van der Waals surface area contributed by atoms with E-state index in [4.69, 9.17) is 0 Å². The Morgan fingerprint density at radius 1 is 1.09 bits per heavy atom. The maximum atomic E-state index is 12.4. The largest absolute Gasteiger partial charge is 0.367 e. The van der Waals surface area contributed by atoms with Crippen molar-refractivity contribution in [3.05, 3.63) is 60.2 Å². The van der Waals surface area contributed by atoms with E-state index < -0.39 is 10.0 Å². The van der Waals surface area contributed by atoms with Crippen LogP contribution < -0.4 is 9.62 Å². The quantitative estimate of drug-likeness (QED) is 0.917. The Balaban J connectivity index is 1.68. The number of para-hydroxylation sites is 1. The van der Waals surface area contributed by atoms with Crippen LogP contribution in [0.1, 0.15) is 18.4 Å². The second-order valence-electron chi connectivity index (χ2n) is 5.99. The molecule has 1 heterocycles. The van der Waals surface area contributed by atoms with Gasteiger partial charge in [-0.2, -0.15) is 0 Å². The van der Waals surface area contributed by atoms with Crippen LogP contribution in [0, 0.1) is 6.92 Å². The first-order valence-corrected chi connectivity index (χ1v) is 9.42. The zero-order chi connectivity index (χ0) is 16.3. The van der Waals surface area contributed by atoms with Gasteiger partial charge in [0.25, 0.3) is 0 Å². The first-order valence-electron chi connectivity index (χ1n) is 7.94. The molecule has 1 unspecified atom stereocenters. The van der Waals surface area contributed by atoms with E-state index in [2.05, 4.69) is 21.8 Å². The number of rotatable bonds is 5. The lowest BCUT2D eigenvalue weighted by Gasteiger charge is -2.27. The van der Waals surface area contributed by atoms with Crippen LogP contribution in [-0.2, 0) is 10.0 Å². The highest BCUT2D eigenvalue weighted by Gasteiger charge is 2.26. The number of anilines is 1. The SMILES string of the molecule is Cc1ccc(S(=O)(=O)NCC2CCCN2c2ccccc2)cc1. The molecular formula is C18H22N2O2S. The predicted molar refractivity (Wildman–Crippen MR) is 93.2 cm³/mol. The normalized spacial score (nSPS) is 18.3. The molecule has 1 saturated heterocycles. The van der Waals surface area contributed by atoms with E-state index in [1.165, 1.54) is 0 Å². The van der Waals surface area contributed by atoms with E-state index in [1.54, 1.807) is 12.1 Å². The molecule has 0 aliphatic carbocycles. The van der Waals surface area contributed by atoms with Crippen molar-refractivity contribution in [3.63, 3.8) is 0 Å². The van der Waals surface area contributed by atoms with E-state index in [9.17, 15) is 8.42 Å². The van der Waals surface area contributed by atoms with Gasteiger partial charge in [0.05, 0.1) is 4.90 Å². The molecule has 23 heavy (non-hydrogen) atoms. The Morgan fingerprint density at radius 2 is 1.78 bits per heavy atom. The molecule has 1 aliphatic heterocycles. The standard InChI is InChI=1S/C18H22N2O2S/c1-15-9-11-18(12-10-15)23(21,22)19-14-17-8-5-13-20(17)16-6-3-2-4-7-16/h2-4,6-7,9-12,17,19H,5,8,13-14H2,1H3. The summed E-state index contributed by atoms with van der Waals surface area (Å²) in [5.74, 6) is 0. The van der Waals surface area contributed by atoms with Gasteiger partial charge in [-0.05, 0) is 44.0 Å². The molecule has 0 amide bonds. The Bertz CT molecular complexity index is 742. The molecule has 0 saturated carbocycles. The summed E-state index contributed by atoms with van der Waals surface area (Å²) in [6.45, 7) is 3.35. The van der Waals surface area contributed by atoms with Crippen molar-refractivity contribution in [1.29, 1.82) is 0 Å². The number of aryl methyl sites for hydroxylation is 1. The molecule has 1 aliphatic rings. The van der Waals surface area contributed by atoms with Crippen LogP contribution in [0.5, 0.6) is 0 Å². The molecule has 1 atom stereocenters. The lowest BCUT2D eigenvalue weighted by atomic mass is 10.2. The van der Waals surface area contributed by atoms with Gasteiger partial charge < -0.3 is 4.90 Å². The minimum atomic E-state index is -3.45. The van der Waals surface area contributed by atoms with Gasteiger partial charge in [-0.1, -0.05) is 35.9 Å². The van der Waals surface area contributed by atoms with E-state index >= 15 is 0 Å². The molecule has 2 aromatic carbocycles. The van der Waals surface area contributed by atoms with E-state index in [-0.39, 0.29) is 6.04 Å². The van der Waals surface area contributed by atoms with Gasteiger partial charge in [0.1, 0.15) is 0 Å². The summed E-state index contributed by atoms with van der Waals surface area (Å²) in [5.41, 5.74) is 2.21. The minimum absolute atomic E-state index is 0.206. The van der Waals surface area contributed by atoms with Gasteiger partial charge in [0.15, 0.2) is 0 Å². The average Bonchev–Trinajstić information content (AvgIpc) is 3.03. The van der Waals surface area contributed by atoms with Gasteiger partial charge in [0, 0.05) is 24.8 Å². The summed E-state index contributed by atoms with van der Waals surface area (Å²) in [6.07, 6.45) is 2.09. The summed E-state index contributed by atoms with van der Waals surface area (Å²) >= 11 is 0. The first kappa shape index (κ1) is 16.0. The highest BCUT2D eigenvalue weighted by atomic mass is 32.2. The van der Waals surface area contributed by atoms with Crippen LogP contribution in [0.3, 0.4) is 0 Å². The summed E-state index contributed by atoms with van der Waals surface area (Å²) in [6, 6.07) is 17.3. The maximum absolute atomic E-state index is 12.4. The zero-order valence-electron chi connectivity index (χ0n) is 13.3. The summed E-state index contributed by atoms with van der Waals surface area (Å²) < 4.78 is 27.6. The molecule has 0 aromatic heterocycles. The Hall–Kier alpha value is -1.85. The molecule has 0 radical (unpaired) electrons. The number of nitrogens with zero attached hydrogens (tertiary/aromatic N) is 1. The van der Waals surface area contributed by atoms with E-state index in [0.29, 0.717) is 11.4 Å². The lowest BCUT2D eigenvalue weighted by Crippen LogP contribution is -2.40. The van der Waals surface area contributed by atoms with E-state index in [0.717, 1.165) is 30.6 Å². The van der Waals surface area contributed by atoms with Gasteiger partial charge in [0.2, 0.25) is 10.0 Å². The molecule has 0 bridgehead atoms. The van der Waals surface area contributed by atoms with Crippen molar-refractivity contribution in [2.45, 2.75) is 30.7 Å². The van der Waals surface area contributed by atoms with Crippen molar-refractivity contribution >= 4 is 15.7 Å². The monoisotopic (exact) mass is 330 g/mol. The number of benzene rings is 2. The smallest absolute Gasteiger partial charge is 0.240 e. The highest BCUT2D eigenvalue weighted by Crippen LogP contribution is 2.25. The minimum Gasteiger partial charge on any atom is -0.367 e. The van der Waals surface area contributed by atoms with Gasteiger partial charge >= 0.3 is 0 Å². The number of sulfonamides is 1. The molecule has 4 nitrogen and oxygen atoms in total. The van der Waals surface area contributed by atoms with Gasteiger partial charge in [-0.3, -0.25) is 0 Å². The van der Waals surface area contributed by atoms with Crippen molar-refractivity contribution in [2.75, 3.05) is 18.0 Å². The lowest BCUT2D eigenvalue weighted by molar-refractivity contribution is 0.567. The molecule has 3 rings (SSSR count). The van der Waals surface area contributed by atoms with Gasteiger partial charge in [-0.15, -0.1) is 0 Å². The molecule has 1 N–H and O–H groups in total. The third kappa shape index (κ3) is 3.74. The van der Waals surface area contributed by atoms with Crippen molar-refractivity contribution < 1.29 is 8.42 Å². The first-order chi connectivity index (χ1) is 11.1. The third-order valence-corrected chi connectivity index (χ3v) is 5.74. The number of nitrogens with one attached hydrogen (secondary N) is 1. The van der Waals surface area contributed by atoms with E-state index in [1.807, 2.05) is 37.3 Å². The van der Waals surface area contributed by atoms with Crippen LogP contribution in [-0.4, -0.2) is 27.5 Å². The fourth-order valence-electron chi connectivity index (χ4n) is 3.01. The highest BCUT2D eigenvalue weighted by molar-refractivity contribution is 7.89. The fraction of sp³-hybridized carbons (Fsp3) is 0.333. The molecule has 0 spiro atoms. The average molecular weight is 330 g/mol. The van der Waals surface area contributed by atoms with Crippen molar-refractivity contribution in [1.82, 2.24) is 4.72 Å². The topological polar surface area (TPSA) is 49.4 Å². The predicted octanol–water partition coefficient (Wildman–Crippen LogP) is 2.94. The summed E-state index contributed by atoms with van der Waals surface area (Å²) in [5, 5.41) is 0.